The van der Waals surface area contributed by atoms with Crippen molar-refractivity contribution in [3.05, 3.63) is 29.6 Å². The first kappa shape index (κ1) is 21.9. The molecule has 0 aliphatic heterocycles. The zero-order valence-electron chi connectivity index (χ0n) is 15.2. The van der Waals surface area contributed by atoms with Gasteiger partial charge in [-0.1, -0.05) is 6.92 Å². The van der Waals surface area contributed by atoms with Crippen molar-refractivity contribution in [1.82, 2.24) is 4.90 Å². The second-order valence-electron chi connectivity index (χ2n) is 5.84. The molecule has 1 aromatic rings. The molecule has 1 amide bonds. The van der Waals surface area contributed by atoms with Gasteiger partial charge in [0, 0.05) is 18.7 Å². The molecule has 3 N–H and O–H groups in total. The van der Waals surface area contributed by atoms with E-state index in [-0.39, 0.29) is 31.5 Å². The molecule has 0 aromatic heterocycles. The van der Waals surface area contributed by atoms with Crippen LogP contribution in [0, 0.1) is 17.1 Å². The molecule has 0 bridgehead atoms. The molecular formula is C18H22FN3O5. The maximum atomic E-state index is 14.4. The Morgan fingerprint density at radius 3 is 2.41 bits per heavy atom. The van der Waals surface area contributed by atoms with Gasteiger partial charge in [-0.3, -0.25) is 9.59 Å². The van der Waals surface area contributed by atoms with Crippen LogP contribution >= 0.6 is 0 Å². The number of nitrogens with zero attached hydrogens (tertiary/aromatic N) is 2. The van der Waals surface area contributed by atoms with Crippen molar-refractivity contribution >= 4 is 23.5 Å². The van der Waals surface area contributed by atoms with Crippen LogP contribution in [0.1, 0.15) is 43.5 Å². The first-order chi connectivity index (χ1) is 12.7. The largest absolute Gasteiger partial charge is 0.481 e. The number of benzene rings is 1. The first-order valence-electron chi connectivity index (χ1n) is 8.41. The molecule has 0 saturated carbocycles. The molecular weight excluding hydrogens is 357 g/mol. The van der Waals surface area contributed by atoms with E-state index in [1.807, 2.05) is 6.07 Å². The number of rotatable bonds is 10. The van der Waals surface area contributed by atoms with Gasteiger partial charge in [0.05, 0.1) is 11.6 Å². The van der Waals surface area contributed by atoms with Gasteiger partial charge in [0.2, 0.25) is 0 Å². The molecule has 0 spiro atoms. The predicted octanol–water partition coefficient (Wildman–Crippen LogP) is 2.32. The van der Waals surface area contributed by atoms with E-state index in [1.54, 1.807) is 6.92 Å². The number of likely N-dealkylation sites (N-methyl/N-ethyl adjacent to an activating group) is 1. The number of carbonyl (C=O) groups is 3. The number of amides is 1. The summed E-state index contributed by atoms with van der Waals surface area (Å²) in [6, 6.07) is 5.50. The number of carboxylic acids is 2. The number of aliphatic carboxylic acids is 2. The van der Waals surface area contributed by atoms with Gasteiger partial charge in [-0.2, -0.15) is 5.26 Å². The van der Waals surface area contributed by atoms with Crippen LogP contribution in [0.25, 0.3) is 0 Å². The average molecular weight is 379 g/mol. The van der Waals surface area contributed by atoms with Gasteiger partial charge in [-0.15, -0.1) is 0 Å². The van der Waals surface area contributed by atoms with Crippen molar-refractivity contribution in [2.45, 2.75) is 38.6 Å². The quantitative estimate of drug-likeness (QED) is 0.532. The highest BCUT2D eigenvalue weighted by molar-refractivity contribution is 5.98. The van der Waals surface area contributed by atoms with E-state index >= 15 is 0 Å². The lowest BCUT2D eigenvalue weighted by Gasteiger charge is -2.39. The molecule has 0 heterocycles. The molecule has 1 rings (SSSR count). The van der Waals surface area contributed by atoms with Gasteiger partial charge in [0.1, 0.15) is 17.9 Å². The molecule has 27 heavy (non-hydrogen) atoms. The van der Waals surface area contributed by atoms with E-state index in [0.717, 1.165) is 11.0 Å². The number of anilines is 1. The monoisotopic (exact) mass is 379 g/mol. The zero-order valence-corrected chi connectivity index (χ0v) is 15.2. The second kappa shape index (κ2) is 9.52. The highest BCUT2D eigenvalue weighted by Gasteiger charge is 2.45. The summed E-state index contributed by atoms with van der Waals surface area (Å²) in [5.74, 6) is -4.22. The van der Waals surface area contributed by atoms with Gasteiger partial charge < -0.3 is 20.4 Å². The molecule has 0 aliphatic rings. The van der Waals surface area contributed by atoms with Gasteiger partial charge >= 0.3 is 11.9 Å². The fraction of sp³-hybridized carbons (Fsp3) is 0.444. The summed E-state index contributed by atoms with van der Waals surface area (Å²) >= 11 is 0. The Morgan fingerprint density at radius 1 is 1.30 bits per heavy atom. The Labute approximate surface area is 156 Å². The summed E-state index contributed by atoms with van der Waals surface area (Å²) < 4.78 is 14.4. The van der Waals surface area contributed by atoms with Crippen molar-refractivity contribution in [2.24, 2.45) is 0 Å². The molecule has 0 fully saturated rings. The Kier molecular flexibility index (Phi) is 7.72. The fourth-order valence-electron chi connectivity index (χ4n) is 2.92. The molecule has 8 nitrogen and oxygen atoms in total. The number of carbonyl (C=O) groups excluding carboxylic acids is 1. The Balaban J connectivity index is 3.28. The van der Waals surface area contributed by atoms with Crippen LogP contribution in [-0.2, 0) is 9.59 Å². The highest BCUT2D eigenvalue weighted by atomic mass is 19.1. The van der Waals surface area contributed by atoms with E-state index in [0.29, 0.717) is 5.69 Å². The lowest BCUT2D eigenvalue weighted by atomic mass is 9.87. The Hall–Kier alpha value is -3.15. The van der Waals surface area contributed by atoms with Crippen molar-refractivity contribution in [1.29, 1.82) is 5.26 Å². The molecule has 146 valence electrons. The van der Waals surface area contributed by atoms with E-state index < -0.39 is 35.6 Å². The van der Waals surface area contributed by atoms with Gasteiger partial charge in [-0.25, -0.2) is 9.18 Å². The van der Waals surface area contributed by atoms with Crippen molar-refractivity contribution in [3.63, 3.8) is 0 Å². The molecule has 0 saturated heterocycles. The maximum absolute atomic E-state index is 14.4. The lowest BCUT2D eigenvalue weighted by Crippen LogP contribution is -2.57. The summed E-state index contributed by atoms with van der Waals surface area (Å²) in [5, 5.41) is 29.8. The van der Waals surface area contributed by atoms with E-state index in [9.17, 15) is 23.9 Å². The summed E-state index contributed by atoms with van der Waals surface area (Å²) in [7, 11) is 0. The lowest BCUT2D eigenvalue weighted by molar-refractivity contribution is -0.151. The van der Waals surface area contributed by atoms with Crippen molar-refractivity contribution in [2.75, 3.05) is 18.4 Å². The minimum Gasteiger partial charge on any atom is -0.481 e. The number of nitriles is 1. The van der Waals surface area contributed by atoms with Crippen LogP contribution in [0.4, 0.5) is 10.1 Å². The van der Waals surface area contributed by atoms with Gasteiger partial charge in [-0.05, 0) is 38.0 Å². The molecule has 9 heteroatoms. The topological polar surface area (TPSA) is 131 Å². The SMILES string of the molecule is CCN(C(=O)c1ccc(NCC#N)cc1F)[C@@](CC)(CCC(=O)O)C(=O)O. The third-order valence-electron chi connectivity index (χ3n) is 4.38. The van der Waals surface area contributed by atoms with E-state index in [2.05, 4.69) is 5.32 Å². The third kappa shape index (κ3) is 4.94. The normalized spacial score (nSPS) is 12.5. The minimum absolute atomic E-state index is 0.0291. The average Bonchev–Trinajstić information content (AvgIpc) is 2.62. The van der Waals surface area contributed by atoms with Crippen LogP contribution in [0.15, 0.2) is 18.2 Å². The maximum Gasteiger partial charge on any atom is 0.329 e. The summed E-state index contributed by atoms with van der Waals surface area (Å²) in [6.45, 7) is 3.01. The van der Waals surface area contributed by atoms with Gasteiger partial charge in [0.15, 0.2) is 0 Å². The van der Waals surface area contributed by atoms with Gasteiger partial charge in [0.25, 0.3) is 5.91 Å². The van der Waals surface area contributed by atoms with Crippen LogP contribution in [0.2, 0.25) is 0 Å². The van der Waals surface area contributed by atoms with Crippen LogP contribution in [0.5, 0.6) is 0 Å². The summed E-state index contributed by atoms with van der Waals surface area (Å²) in [6.07, 6.45) is -0.765. The standard InChI is InChI=1S/C18H22FN3O5/c1-3-18(17(26)27,8-7-15(23)24)22(4-2)16(25)13-6-5-12(11-14(13)19)21-10-9-20/h5-6,11,21H,3-4,7-8,10H2,1-2H3,(H,23,24)(H,26,27)/t18-/m0/s1. The van der Waals surface area contributed by atoms with Crippen LogP contribution in [-0.4, -0.2) is 51.6 Å². The van der Waals surface area contributed by atoms with E-state index in [1.165, 1.54) is 19.1 Å². The number of halogens is 1. The number of hydrogen-bond donors (Lipinski definition) is 3. The molecule has 0 aliphatic carbocycles. The molecule has 0 unspecified atom stereocenters. The van der Waals surface area contributed by atoms with Crippen molar-refractivity contribution < 1.29 is 29.0 Å². The van der Waals surface area contributed by atoms with Crippen LogP contribution in [0.3, 0.4) is 0 Å². The molecule has 1 atom stereocenters. The minimum atomic E-state index is -1.76. The number of hydrogen-bond acceptors (Lipinski definition) is 5. The van der Waals surface area contributed by atoms with Crippen molar-refractivity contribution in [3.8, 4) is 6.07 Å². The fourth-order valence-corrected chi connectivity index (χ4v) is 2.92. The summed E-state index contributed by atoms with van der Waals surface area (Å²) in [5.41, 5.74) is -1.78. The van der Waals surface area contributed by atoms with E-state index in [4.69, 9.17) is 10.4 Å². The second-order valence-corrected chi connectivity index (χ2v) is 5.84. The Morgan fingerprint density at radius 2 is 1.96 bits per heavy atom. The zero-order chi connectivity index (χ0) is 20.6. The smallest absolute Gasteiger partial charge is 0.329 e. The third-order valence-corrected chi connectivity index (χ3v) is 4.38. The molecule has 0 radical (unpaired) electrons. The number of carboxylic acid groups (broad SMARTS) is 2. The molecule has 1 aromatic carbocycles. The predicted molar refractivity (Wildman–Crippen MR) is 94.7 cm³/mol. The summed E-state index contributed by atoms with van der Waals surface area (Å²) in [4.78, 5) is 36.7. The number of nitrogens with one attached hydrogen (secondary N) is 1. The van der Waals surface area contributed by atoms with Crippen LogP contribution < -0.4 is 5.32 Å². The Bertz CT molecular complexity index is 762. The highest BCUT2D eigenvalue weighted by Crippen LogP contribution is 2.29. The first-order valence-corrected chi connectivity index (χ1v) is 8.41.